The highest BCUT2D eigenvalue weighted by molar-refractivity contribution is 6.02. The van der Waals surface area contributed by atoms with E-state index in [1.165, 1.54) is 4.90 Å². The lowest BCUT2D eigenvalue weighted by Gasteiger charge is -2.36. The summed E-state index contributed by atoms with van der Waals surface area (Å²) in [5, 5.41) is 15.7. The number of β-amino-alcohol motifs (C(OH)–C–C–N with tert-alkyl or cyclic N) is 1. The Hall–Kier alpha value is -2.65. The number of nitrogens with zero attached hydrogens (tertiary/aromatic N) is 1. The number of fused-ring (bicyclic) bond motifs is 1. The quantitative estimate of drug-likeness (QED) is 0.453. The molecule has 4 unspecified atom stereocenters. The number of hydrogen-bond acceptors (Lipinski definition) is 6. The Morgan fingerprint density at radius 3 is 2.56 bits per heavy atom. The Balaban J connectivity index is 1.66. The van der Waals surface area contributed by atoms with Crippen LogP contribution in [0.3, 0.4) is 0 Å². The molecular formula is C27H39N3O6. The second-order valence-electron chi connectivity index (χ2n) is 10.6. The van der Waals surface area contributed by atoms with Crippen LogP contribution in [0.1, 0.15) is 53.9 Å². The zero-order valence-electron chi connectivity index (χ0n) is 21.9. The van der Waals surface area contributed by atoms with Gasteiger partial charge in [0.25, 0.3) is 0 Å². The highest BCUT2D eigenvalue weighted by Crippen LogP contribution is 2.65. The molecule has 9 nitrogen and oxygen atoms in total. The van der Waals surface area contributed by atoms with Crippen LogP contribution in [0.15, 0.2) is 24.3 Å². The number of ether oxygens (including phenoxy) is 2. The number of hydrogen-bond donors (Lipinski definition) is 3. The van der Waals surface area contributed by atoms with Gasteiger partial charge in [-0.1, -0.05) is 20.3 Å². The van der Waals surface area contributed by atoms with E-state index in [2.05, 4.69) is 10.6 Å². The van der Waals surface area contributed by atoms with Gasteiger partial charge in [0.05, 0.1) is 30.7 Å². The third kappa shape index (κ3) is 4.16. The monoisotopic (exact) mass is 501 g/mol. The molecule has 3 fully saturated rings. The number of likely N-dealkylation sites (tertiary alicyclic amines) is 1. The van der Waals surface area contributed by atoms with E-state index in [0.717, 1.165) is 12.8 Å². The van der Waals surface area contributed by atoms with Gasteiger partial charge >= 0.3 is 0 Å². The second kappa shape index (κ2) is 10.0. The minimum atomic E-state index is -1.11. The van der Waals surface area contributed by atoms with Crippen molar-refractivity contribution in [2.24, 2.45) is 17.8 Å². The molecule has 1 aromatic carbocycles. The first-order valence-corrected chi connectivity index (χ1v) is 13.1. The van der Waals surface area contributed by atoms with Gasteiger partial charge < -0.3 is 30.1 Å². The van der Waals surface area contributed by atoms with Crippen molar-refractivity contribution in [3.8, 4) is 5.75 Å². The fraction of sp³-hybridized carbons (Fsp3) is 0.667. The number of anilines is 1. The van der Waals surface area contributed by atoms with E-state index < -0.39 is 29.1 Å². The molecule has 3 saturated heterocycles. The molecule has 1 spiro atoms. The molecule has 0 aromatic heterocycles. The molecule has 3 aliphatic heterocycles. The highest BCUT2D eigenvalue weighted by Gasteiger charge is 2.79. The Morgan fingerprint density at radius 1 is 1.25 bits per heavy atom. The summed E-state index contributed by atoms with van der Waals surface area (Å²) in [6.45, 7) is 10.1. The number of carbonyl (C=O) groups is 3. The molecular weight excluding hydrogens is 462 g/mol. The van der Waals surface area contributed by atoms with E-state index in [9.17, 15) is 19.5 Å². The van der Waals surface area contributed by atoms with Gasteiger partial charge in [0.15, 0.2) is 0 Å². The van der Waals surface area contributed by atoms with Crippen LogP contribution in [0.25, 0.3) is 0 Å². The molecule has 3 aliphatic rings. The third-order valence-electron chi connectivity index (χ3n) is 8.23. The first-order chi connectivity index (χ1) is 17.1. The van der Waals surface area contributed by atoms with E-state index in [0.29, 0.717) is 24.5 Å². The van der Waals surface area contributed by atoms with Crippen LogP contribution in [0.5, 0.6) is 5.75 Å². The summed E-state index contributed by atoms with van der Waals surface area (Å²) >= 11 is 0. The van der Waals surface area contributed by atoms with Crippen LogP contribution >= 0.6 is 0 Å². The topological polar surface area (TPSA) is 117 Å². The van der Waals surface area contributed by atoms with E-state index in [1.807, 2.05) is 34.6 Å². The lowest BCUT2D eigenvalue weighted by atomic mass is 9.62. The summed E-state index contributed by atoms with van der Waals surface area (Å²) in [6.07, 6.45) is 2.22. The smallest absolute Gasteiger partial charge is 0.246 e. The predicted molar refractivity (Wildman–Crippen MR) is 134 cm³/mol. The molecule has 36 heavy (non-hydrogen) atoms. The van der Waals surface area contributed by atoms with Gasteiger partial charge in [-0.15, -0.1) is 0 Å². The Bertz CT molecular complexity index is 1000. The van der Waals surface area contributed by atoms with Gasteiger partial charge in [0, 0.05) is 18.3 Å². The molecule has 0 aliphatic carbocycles. The average molecular weight is 502 g/mol. The molecule has 7 atom stereocenters. The first kappa shape index (κ1) is 26.4. The normalized spacial score (nSPS) is 33.4. The number of amides is 3. The van der Waals surface area contributed by atoms with Crippen LogP contribution in [-0.4, -0.2) is 70.8 Å². The Kier molecular flexibility index (Phi) is 7.35. The van der Waals surface area contributed by atoms with Crippen molar-refractivity contribution >= 4 is 23.4 Å². The third-order valence-corrected chi connectivity index (χ3v) is 8.23. The molecule has 3 N–H and O–H groups in total. The first-order valence-electron chi connectivity index (χ1n) is 13.1. The summed E-state index contributed by atoms with van der Waals surface area (Å²) in [5.74, 6) is -1.82. The summed E-state index contributed by atoms with van der Waals surface area (Å²) in [4.78, 5) is 42.5. The lowest BCUT2D eigenvalue weighted by Crippen LogP contribution is -2.57. The van der Waals surface area contributed by atoms with Crippen molar-refractivity contribution in [1.29, 1.82) is 0 Å². The van der Waals surface area contributed by atoms with Gasteiger partial charge in [0.1, 0.15) is 17.4 Å². The SMILES string of the molecule is CCCC(C)NC(=O)C1N(CCO)C(=O)[C@@H]2[C@@H](C(=O)Nc3ccc(OCC)cc3)[C@]3(C)OC12CC3C. The number of aliphatic hydroxyl groups is 1. The van der Waals surface area contributed by atoms with Crippen molar-refractivity contribution < 1.29 is 29.0 Å². The van der Waals surface area contributed by atoms with E-state index in [4.69, 9.17) is 9.47 Å². The molecule has 1 aromatic rings. The molecule has 3 amide bonds. The van der Waals surface area contributed by atoms with Crippen LogP contribution in [0.4, 0.5) is 5.69 Å². The summed E-state index contributed by atoms with van der Waals surface area (Å²) < 4.78 is 12.1. The maximum absolute atomic E-state index is 13.8. The van der Waals surface area contributed by atoms with E-state index in [1.54, 1.807) is 24.3 Å². The minimum absolute atomic E-state index is 0.0129. The van der Waals surface area contributed by atoms with E-state index in [-0.39, 0.29) is 42.8 Å². The van der Waals surface area contributed by atoms with Crippen LogP contribution in [0, 0.1) is 17.8 Å². The number of nitrogens with one attached hydrogen (secondary N) is 2. The zero-order valence-corrected chi connectivity index (χ0v) is 21.9. The minimum Gasteiger partial charge on any atom is -0.494 e. The van der Waals surface area contributed by atoms with Gasteiger partial charge in [-0.05, 0) is 63.8 Å². The summed E-state index contributed by atoms with van der Waals surface area (Å²) in [6, 6.07) is 6.13. The lowest BCUT2D eigenvalue weighted by molar-refractivity contribution is -0.147. The predicted octanol–water partition coefficient (Wildman–Crippen LogP) is 2.33. The molecule has 3 heterocycles. The number of carbonyl (C=O) groups excluding carboxylic acids is 3. The van der Waals surface area contributed by atoms with Gasteiger partial charge in [-0.2, -0.15) is 0 Å². The standard InChI is InChI=1S/C27H39N3O6/c1-6-8-17(4)28-24(33)22-27-15-16(3)26(5,36-27)20(21(27)25(34)30(22)13-14-31)23(32)29-18-9-11-19(12-10-18)35-7-2/h9-12,16-17,20-22,31H,6-8,13-15H2,1-5H3,(H,28,33)(H,29,32)/t16?,17?,20-,21-,22?,26+,27?/m0/s1. The zero-order chi connectivity index (χ0) is 26.3. The maximum Gasteiger partial charge on any atom is 0.246 e. The molecule has 198 valence electrons. The summed E-state index contributed by atoms with van der Waals surface area (Å²) in [7, 11) is 0. The molecule has 2 bridgehead atoms. The molecule has 4 rings (SSSR count). The number of aliphatic hydroxyl groups excluding tert-OH is 1. The fourth-order valence-electron chi connectivity index (χ4n) is 6.64. The van der Waals surface area contributed by atoms with Gasteiger partial charge in [-0.3, -0.25) is 14.4 Å². The van der Waals surface area contributed by atoms with Crippen LogP contribution in [-0.2, 0) is 19.1 Å². The van der Waals surface area contributed by atoms with E-state index >= 15 is 0 Å². The molecule has 0 radical (unpaired) electrons. The van der Waals surface area contributed by atoms with Crippen molar-refractivity contribution in [1.82, 2.24) is 10.2 Å². The van der Waals surface area contributed by atoms with Crippen LogP contribution < -0.4 is 15.4 Å². The number of rotatable bonds is 10. The van der Waals surface area contributed by atoms with Crippen molar-refractivity contribution in [3.63, 3.8) is 0 Å². The van der Waals surface area contributed by atoms with Crippen molar-refractivity contribution in [3.05, 3.63) is 24.3 Å². The Morgan fingerprint density at radius 2 is 1.94 bits per heavy atom. The van der Waals surface area contributed by atoms with Crippen LogP contribution in [0.2, 0.25) is 0 Å². The molecule has 0 saturated carbocycles. The molecule has 9 heteroatoms. The average Bonchev–Trinajstić information content (AvgIpc) is 3.32. The largest absolute Gasteiger partial charge is 0.494 e. The van der Waals surface area contributed by atoms with Gasteiger partial charge in [0.2, 0.25) is 17.7 Å². The second-order valence-corrected chi connectivity index (χ2v) is 10.6. The van der Waals surface area contributed by atoms with Crippen molar-refractivity contribution in [2.45, 2.75) is 77.2 Å². The maximum atomic E-state index is 13.8. The Labute approximate surface area is 212 Å². The fourth-order valence-corrected chi connectivity index (χ4v) is 6.64. The summed E-state index contributed by atoms with van der Waals surface area (Å²) in [5.41, 5.74) is -1.41. The highest BCUT2D eigenvalue weighted by atomic mass is 16.5. The van der Waals surface area contributed by atoms with Crippen molar-refractivity contribution in [2.75, 3.05) is 25.1 Å². The number of benzene rings is 1. The van der Waals surface area contributed by atoms with Gasteiger partial charge in [-0.25, -0.2) is 0 Å².